The Morgan fingerprint density at radius 3 is 2.15 bits per heavy atom. The summed E-state index contributed by atoms with van der Waals surface area (Å²) in [6.45, 7) is 2.15. The summed E-state index contributed by atoms with van der Waals surface area (Å²) in [5.74, 6) is 1.10. The van der Waals surface area contributed by atoms with Crippen LogP contribution in [0.5, 0.6) is 0 Å². The molecule has 2 fully saturated rings. The molecule has 1 nitrogen and oxygen atoms in total. The van der Waals surface area contributed by atoms with E-state index in [1.54, 1.807) is 0 Å². The Hall–Kier alpha value is -1.11. The van der Waals surface area contributed by atoms with Gasteiger partial charge in [0, 0.05) is 11.0 Å². The smallest absolute Gasteiger partial charge is 0.168 e. The second-order valence-electron chi connectivity index (χ2n) is 7.05. The Kier molecular flexibility index (Phi) is 3.96. The van der Waals surface area contributed by atoms with Crippen LogP contribution in [0.2, 0.25) is 0 Å². The quantitative estimate of drug-likeness (QED) is 0.663. The van der Waals surface area contributed by atoms with Gasteiger partial charge in [-0.3, -0.25) is 4.79 Å². The molecule has 0 radical (unpaired) electrons. The maximum atomic E-state index is 12.7. The number of hydrogen-bond donors (Lipinski definition) is 0. The van der Waals surface area contributed by atoms with E-state index in [0.717, 1.165) is 24.3 Å². The Labute approximate surface area is 122 Å². The highest BCUT2D eigenvalue weighted by molar-refractivity contribution is 6.00. The Morgan fingerprint density at radius 2 is 1.55 bits per heavy atom. The van der Waals surface area contributed by atoms with E-state index < -0.39 is 0 Å². The largest absolute Gasteiger partial charge is 0.294 e. The van der Waals surface area contributed by atoms with Crippen LogP contribution in [0.25, 0.3) is 0 Å². The predicted octanol–water partition coefficient (Wildman–Crippen LogP) is 5.50. The van der Waals surface area contributed by atoms with Gasteiger partial charge in [0.1, 0.15) is 0 Å². The molecular formula is C19H26O. The molecule has 108 valence electrons. The van der Waals surface area contributed by atoms with E-state index in [1.165, 1.54) is 50.5 Å². The van der Waals surface area contributed by atoms with Crippen LogP contribution >= 0.6 is 0 Å². The zero-order valence-electron chi connectivity index (χ0n) is 12.7. The highest BCUT2D eigenvalue weighted by atomic mass is 16.1. The molecule has 20 heavy (non-hydrogen) atoms. The topological polar surface area (TPSA) is 17.1 Å². The van der Waals surface area contributed by atoms with E-state index in [9.17, 15) is 4.79 Å². The van der Waals surface area contributed by atoms with Gasteiger partial charge < -0.3 is 0 Å². The normalized spacial score (nSPS) is 22.9. The van der Waals surface area contributed by atoms with Crippen LogP contribution in [-0.4, -0.2) is 5.78 Å². The van der Waals surface area contributed by atoms with Crippen molar-refractivity contribution in [3.8, 4) is 0 Å². The minimum absolute atomic E-state index is 0.0909. The summed E-state index contributed by atoms with van der Waals surface area (Å²) in [7, 11) is 0. The number of carbonyl (C=O) groups excluding carboxylic acids is 1. The van der Waals surface area contributed by atoms with Gasteiger partial charge in [0.2, 0.25) is 0 Å². The van der Waals surface area contributed by atoms with Crippen molar-refractivity contribution in [3.05, 3.63) is 35.4 Å². The third-order valence-electron chi connectivity index (χ3n) is 5.50. The summed E-state index contributed by atoms with van der Waals surface area (Å²) >= 11 is 0. The molecule has 0 heterocycles. The molecule has 3 rings (SSSR count). The van der Waals surface area contributed by atoms with Gasteiger partial charge in [-0.25, -0.2) is 0 Å². The molecule has 2 aliphatic carbocycles. The van der Waals surface area contributed by atoms with E-state index >= 15 is 0 Å². The molecule has 0 aromatic heterocycles. The van der Waals surface area contributed by atoms with E-state index in [-0.39, 0.29) is 5.41 Å². The third kappa shape index (κ3) is 2.68. The van der Waals surface area contributed by atoms with Gasteiger partial charge in [-0.2, -0.15) is 0 Å². The zero-order valence-corrected chi connectivity index (χ0v) is 12.7. The standard InChI is InChI=1S/C19H26O/c1-19(13-5-6-14-19)18(20)17-11-9-16(10-12-17)15-7-3-2-4-8-15/h9-12,15H,2-8,13-14H2,1H3. The summed E-state index contributed by atoms with van der Waals surface area (Å²) in [4.78, 5) is 12.7. The van der Waals surface area contributed by atoms with E-state index in [1.807, 2.05) is 0 Å². The molecule has 0 N–H and O–H groups in total. The van der Waals surface area contributed by atoms with Gasteiger partial charge in [-0.1, -0.05) is 63.3 Å². The molecule has 1 aromatic rings. The Morgan fingerprint density at radius 1 is 0.950 bits per heavy atom. The number of rotatable bonds is 3. The lowest BCUT2D eigenvalue weighted by molar-refractivity contribution is 0.0823. The van der Waals surface area contributed by atoms with E-state index in [4.69, 9.17) is 0 Å². The summed E-state index contributed by atoms with van der Waals surface area (Å²) < 4.78 is 0. The summed E-state index contributed by atoms with van der Waals surface area (Å²) in [6, 6.07) is 8.58. The van der Waals surface area contributed by atoms with E-state index in [2.05, 4.69) is 31.2 Å². The van der Waals surface area contributed by atoms with Crippen molar-refractivity contribution in [3.63, 3.8) is 0 Å². The van der Waals surface area contributed by atoms with Gasteiger partial charge in [0.25, 0.3) is 0 Å². The fraction of sp³-hybridized carbons (Fsp3) is 0.632. The number of carbonyl (C=O) groups is 1. The summed E-state index contributed by atoms with van der Waals surface area (Å²) in [6.07, 6.45) is 11.3. The van der Waals surface area contributed by atoms with Crippen molar-refractivity contribution >= 4 is 5.78 Å². The number of Topliss-reactive ketones (excluding diaryl/α,β-unsaturated/α-hetero) is 1. The lowest BCUT2D eigenvalue weighted by Crippen LogP contribution is -2.24. The minimum atomic E-state index is -0.0909. The lowest BCUT2D eigenvalue weighted by Gasteiger charge is -2.24. The van der Waals surface area contributed by atoms with Crippen molar-refractivity contribution in [2.45, 2.75) is 70.6 Å². The number of benzene rings is 1. The van der Waals surface area contributed by atoms with Crippen LogP contribution in [0.15, 0.2) is 24.3 Å². The fourth-order valence-corrected chi connectivity index (χ4v) is 4.07. The van der Waals surface area contributed by atoms with Crippen LogP contribution in [0.4, 0.5) is 0 Å². The molecule has 1 heteroatoms. The summed E-state index contributed by atoms with van der Waals surface area (Å²) in [5, 5.41) is 0. The second-order valence-corrected chi connectivity index (χ2v) is 7.05. The van der Waals surface area contributed by atoms with Crippen molar-refractivity contribution < 1.29 is 4.79 Å². The lowest BCUT2D eigenvalue weighted by atomic mass is 9.79. The van der Waals surface area contributed by atoms with Gasteiger partial charge in [-0.15, -0.1) is 0 Å². The maximum Gasteiger partial charge on any atom is 0.168 e. The minimum Gasteiger partial charge on any atom is -0.294 e. The highest BCUT2D eigenvalue weighted by Crippen LogP contribution is 2.40. The van der Waals surface area contributed by atoms with Crippen molar-refractivity contribution in [2.24, 2.45) is 5.41 Å². The fourth-order valence-electron chi connectivity index (χ4n) is 4.07. The molecular weight excluding hydrogens is 244 g/mol. The first-order valence-electron chi connectivity index (χ1n) is 8.34. The first kappa shape index (κ1) is 13.9. The molecule has 0 amide bonds. The predicted molar refractivity (Wildman–Crippen MR) is 83.2 cm³/mol. The van der Waals surface area contributed by atoms with Crippen molar-refractivity contribution in [2.75, 3.05) is 0 Å². The highest BCUT2D eigenvalue weighted by Gasteiger charge is 2.36. The van der Waals surface area contributed by atoms with Crippen molar-refractivity contribution in [1.29, 1.82) is 0 Å². The zero-order chi connectivity index (χ0) is 14.0. The third-order valence-corrected chi connectivity index (χ3v) is 5.50. The van der Waals surface area contributed by atoms with Crippen LogP contribution < -0.4 is 0 Å². The number of ketones is 1. The molecule has 1 aromatic carbocycles. The Balaban J connectivity index is 1.73. The molecule has 2 aliphatic rings. The maximum absolute atomic E-state index is 12.7. The van der Waals surface area contributed by atoms with Crippen LogP contribution in [0.3, 0.4) is 0 Å². The number of hydrogen-bond acceptors (Lipinski definition) is 1. The van der Waals surface area contributed by atoms with Crippen LogP contribution in [-0.2, 0) is 0 Å². The molecule has 0 bridgehead atoms. The average molecular weight is 270 g/mol. The SMILES string of the molecule is CC1(C(=O)c2ccc(C3CCCCC3)cc2)CCCC1. The van der Waals surface area contributed by atoms with Gasteiger partial charge in [-0.05, 0) is 37.2 Å². The molecule has 0 aliphatic heterocycles. The van der Waals surface area contributed by atoms with E-state index in [0.29, 0.717) is 5.78 Å². The van der Waals surface area contributed by atoms with Crippen LogP contribution in [0.1, 0.15) is 86.6 Å². The van der Waals surface area contributed by atoms with Gasteiger partial charge >= 0.3 is 0 Å². The molecule has 0 atom stereocenters. The van der Waals surface area contributed by atoms with Gasteiger partial charge in [0.05, 0.1) is 0 Å². The van der Waals surface area contributed by atoms with Crippen LogP contribution in [0, 0.1) is 5.41 Å². The monoisotopic (exact) mass is 270 g/mol. The molecule has 0 spiro atoms. The first-order valence-corrected chi connectivity index (χ1v) is 8.34. The molecule has 0 saturated heterocycles. The first-order chi connectivity index (χ1) is 9.69. The summed E-state index contributed by atoms with van der Waals surface area (Å²) in [5.41, 5.74) is 2.28. The second kappa shape index (κ2) is 5.71. The van der Waals surface area contributed by atoms with Gasteiger partial charge in [0.15, 0.2) is 5.78 Å². The van der Waals surface area contributed by atoms with Crippen molar-refractivity contribution in [1.82, 2.24) is 0 Å². The average Bonchev–Trinajstić information content (AvgIpc) is 2.96. The molecule has 0 unspecified atom stereocenters. The molecule has 2 saturated carbocycles. The Bertz CT molecular complexity index is 459.